The van der Waals surface area contributed by atoms with Gasteiger partial charge in [0.15, 0.2) is 4.80 Å². The quantitative estimate of drug-likeness (QED) is 0.584. The number of ether oxygens (including phenoxy) is 3. The Labute approximate surface area is 177 Å². The van der Waals surface area contributed by atoms with Gasteiger partial charge in [0.1, 0.15) is 11.5 Å². The van der Waals surface area contributed by atoms with Crippen LogP contribution in [0.3, 0.4) is 0 Å². The van der Waals surface area contributed by atoms with Crippen molar-refractivity contribution in [1.82, 2.24) is 4.57 Å². The molecule has 0 spiro atoms. The van der Waals surface area contributed by atoms with Crippen LogP contribution in [-0.2, 0) is 21.3 Å². The highest BCUT2D eigenvalue weighted by Crippen LogP contribution is 2.25. The number of amides is 1. The monoisotopic (exact) mass is 451 g/mol. The van der Waals surface area contributed by atoms with E-state index in [0.717, 1.165) is 0 Å². The van der Waals surface area contributed by atoms with E-state index in [4.69, 9.17) is 19.3 Å². The van der Waals surface area contributed by atoms with E-state index in [1.165, 1.54) is 37.7 Å². The molecule has 160 valence electrons. The Bertz CT molecular complexity index is 1260. The van der Waals surface area contributed by atoms with E-state index < -0.39 is 15.9 Å². The lowest BCUT2D eigenvalue weighted by Crippen LogP contribution is -2.19. The van der Waals surface area contributed by atoms with Crippen LogP contribution < -0.4 is 19.4 Å². The zero-order valence-electron chi connectivity index (χ0n) is 16.6. The molecule has 3 aromatic rings. The summed E-state index contributed by atoms with van der Waals surface area (Å²) in [4.78, 5) is 17.6. The second-order valence-electron chi connectivity index (χ2n) is 6.19. The van der Waals surface area contributed by atoms with Crippen LogP contribution in [0.1, 0.15) is 10.4 Å². The van der Waals surface area contributed by atoms with E-state index in [1.54, 1.807) is 35.9 Å². The molecule has 0 aliphatic rings. The Hall–Kier alpha value is -2.73. The number of methoxy groups -OCH3 is 3. The molecule has 0 atom stereocenters. The summed E-state index contributed by atoms with van der Waals surface area (Å²) in [5.41, 5.74) is 0.964. The Morgan fingerprint density at radius 1 is 1.13 bits per heavy atom. The first-order chi connectivity index (χ1) is 14.3. The smallest absolute Gasteiger partial charge is 0.283 e. The minimum Gasteiger partial charge on any atom is -0.497 e. The number of aromatic nitrogens is 1. The number of fused-ring (bicyclic) bond motifs is 1. The molecule has 0 saturated heterocycles. The van der Waals surface area contributed by atoms with Crippen molar-refractivity contribution >= 4 is 37.5 Å². The predicted molar refractivity (Wildman–Crippen MR) is 113 cm³/mol. The van der Waals surface area contributed by atoms with Crippen LogP contribution in [0.4, 0.5) is 0 Å². The van der Waals surface area contributed by atoms with E-state index in [2.05, 4.69) is 4.99 Å². The highest BCUT2D eigenvalue weighted by molar-refractivity contribution is 7.89. The zero-order chi connectivity index (χ0) is 21.9. The highest BCUT2D eigenvalue weighted by Gasteiger charge is 2.16. The molecule has 2 aromatic carbocycles. The first kappa shape index (κ1) is 22.0. The van der Waals surface area contributed by atoms with Crippen molar-refractivity contribution in [2.45, 2.75) is 11.4 Å². The SMILES string of the molecule is COCCn1c(=NC(=O)c2cc(OC)ccc2OC)sc2cc(S(N)(=O)=O)ccc21. The van der Waals surface area contributed by atoms with E-state index >= 15 is 0 Å². The van der Waals surface area contributed by atoms with Gasteiger partial charge in [0.2, 0.25) is 10.0 Å². The largest absolute Gasteiger partial charge is 0.497 e. The number of carbonyl (C=O) groups excluding carboxylic acids is 1. The summed E-state index contributed by atoms with van der Waals surface area (Å²) >= 11 is 1.18. The van der Waals surface area contributed by atoms with E-state index in [0.29, 0.717) is 39.7 Å². The van der Waals surface area contributed by atoms with E-state index in [1.807, 2.05) is 0 Å². The standard InChI is InChI=1S/C19H21N3O6S2/c1-26-9-8-22-15-6-5-13(30(20,24)25)11-17(15)29-19(22)21-18(23)14-10-12(27-2)4-7-16(14)28-3/h4-7,10-11H,8-9H2,1-3H3,(H2,20,24,25). The maximum atomic E-state index is 12.9. The number of rotatable bonds is 7. The first-order valence-corrected chi connectivity index (χ1v) is 11.1. The van der Waals surface area contributed by atoms with Gasteiger partial charge < -0.3 is 18.8 Å². The number of benzene rings is 2. The van der Waals surface area contributed by atoms with Gasteiger partial charge in [-0.2, -0.15) is 4.99 Å². The predicted octanol–water partition coefficient (Wildman–Crippen LogP) is 1.75. The third-order valence-electron chi connectivity index (χ3n) is 4.34. The summed E-state index contributed by atoms with van der Waals surface area (Å²) in [5, 5.41) is 5.24. The number of nitrogens with two attached hydrogens (primary N) is 1. The van der Waals surface area contributed by atoms with Gasteiger partial charge in [-0.25, -0.2) is 13.6 Å². The van der Waals surface area contributed by atoms with Gasteiger partial charge in [-0.05, 0) is 36.4 Å². The summed E-state index contributed by atoms with van der Waals surface area (Å²) in [7, 11) is 0.679. The molecular weight excluding hydrogens is 430 g/mol. The second-order valence-corrected chi connectivity index (χ2v) is 8.76. The maximum Gasteiger partial charge on any atom is 0.283 e. The zero-order valence-corrected chi connectivity index (χ0v) is 18.2. The van der Waals surface area contributed by atoms with Crippen LogP contribution in [0.2, 0.25) is 0 Å². The van der Waals surface area contributed by atoms with Crippen LogP contribution in [0, 0.1) is 0 Å². The summed E-state index contributed by atoms with van der Waals surface area (Å²) in [6, 6.07) is 9.39. The van der Waals surface area contributed by atoms with Crippen molar-refractivity contribution in [2.75, 3.05) is 27.9 Å². The maximum absolute atomic E-state index is 12.9. The number of thiazole rings is 1. The lowest BCUT2D eigenvalue weighted by Gasteiger charge is -2.08. The highest BCUT2D eigenvalue weighted by atomic mass is 32.2. The van der Waals surface area contributed by atoms with Gasteiger partial charge in [0.25, 0.3) is 5.91 Å². The van der Waals surface area contributed by atoms with Crippen molar-refractivity contribution < 1.29 is 27.4 Å². The lowest BCUT2D eigenvalue weighted by molar-refractivity contribution is 0.0994. The third-order valence-corrected chi connectivity index (χ3v) is 6.29. The number of sulfonamides is 1. The number of nitrogens with zero attached hydrogens (tertiary/aromatic N) is 2. The average Bonchev–Trinajstić information content (AvgIpc) is 3.07. The Balaban J connectivity index is 2.18. The molecule has 3 rings (SSSR count). The summed E-state index contributed by atoms with van der Waals surface area (Å²) < 4.78 is 41.4. The third kappa shape index (κ3) is 4.54. The Morgan fingerprint density at radius 3 is 2.53 bits per heavy atom. The molecule has 0 unspecified atom stereocenters. The molecule has 0 aliphatic heterocycles. The number of hydrogen-bond donors (Lipinski definition) is 1. The molecule has 0 aliphatic carbocycles. The molecule has 0 saturated carbocycles. The molecule has 1 heterocycles. The van der Waals surface area contributed by atoms with E-state index in [9.17, 15) is 13.2 Å². The molecule has 2 N–H and O–H groups in total. The number of primary sulfonamides is 1. The van der Waals surface area contributed by atoms with Crippen molar-refractivity contribution in [3.63, 3.8) is 0 Å². The van der Waals surface area contributed by atoms with Crippen molar-refractivity contribution in [3.8, 4) is 11.5 Å². The van der Waals surface area contributed by atoms with Gasteiger partial charge in [0, 0.05) is 13.7 Å². The van der Waals surface area contributed by atoms with Crippen LogP contribution in [0.15, 0.2) is 46.3 Å². The van der Waals surface area contributed by atoms with E-state index in [-0.39, 0.29) is 10.5 Å². The Morgan fingerprint density at radius 2 is 1.90 bits per heavy atom. The Kier molecular flexibility index (Phi) is 6.56. The fourth-order valence-electron chi connectivity index (χ4n) is 2.84. The fraction of sp³-hybridized carbons (Fsp3) is 0.263. The molecule has 9 nitrogen and oxygen atoms in total. The average molecular weight is 452 g/mol. The number of carbonyl (C=O) groups is 1. The van der Waals surface area contributed by atoms with Crippen molar-refractivity contribution in [1.29, 1.82) is 0 Å². The van der Waals surface area contributed by atoms with Crippen LogP contribution in [0.25, 0.3) is 10.2 Å². The molecular formula is C19H21N3O6S2. The van der Waals surface area contributed by atoms with Gasteiger partial charge in [0.05, 0.1) is 41.5 Å². The summed E-state index contributed by atoms with van der Waals surface area (Å²) in [6.45, 7) is 0.805. The topological polar surface area (TPSA) is 122 Å². The second kappa shape index (κ2) is 8.96. The minimum absolute atomic E-state index is 0.0116. The lowest BCUT2D eigenvalue weighted by atomic mass is 10.2. The molecule has 1 aromatic heterocycles. The van der Waals surface area contributed by atoms with Crippen LogP contribution in [0.5, 0.6) is 11.5 Å². The fourth-order valence-corrected chi connectivity index (χ4v) is 4.55. The van der Waals surface area contributed by atoms with Gasteiger partial charge in [-0.15, -0.1) is 0 Å². The molecule has 1 amide bonds. The van der Waals surface area contributed by atoms with Gasteiger partial charge in [-0.1, -0.05) is 11.3 Å². The molecule has 11 heteroatoms. The van der Waals surface area contributed by atoms with Crippen LogP contribution >= 0.6 is 11.3 Å². The van der Waals surface area contributed by atoms with Crippen molar-refractivity contribution in [2.24, 2.45) is 10.1 Å². The van der Waals surface area contributed by atoms with Gasteiger partial charge in [-0.3, -0.25) is 4.79 Å². The first-order valence-electron chi connectivity index (χ1n) is 8.74. The van der Waals surface area contributed by atoms with Gasteiger partial charge >= 0.3 is 0 Å². The number of hydrogen-bond acceptors (Lipinski definition) is 7. The minimum atomic E-state index is -3.85. The summed E-state index contributed by atoms with van der Waals surface area (Å²) in [5.74, 6) is 0.344. The normalized spacial score (nSPS) is 12.3. The molecule has 30 heavy (non-hydrogen) atoms. The van der Waals surface area contributed by atoms with Crippen molar-refractivity contribution in [3.05, 3.63) is 46.8 Å². The molecule has 0 bridgehead atoms. The summed E-state index contributed by atoms with van der Waals surface area (Å²) in [6.07, 6.45) is 0. The van der Waals surface area contributed by atoms with Crippen LogP contribution in [-0.4, -0.2) is 46.8 Å². The molecule has 0 fully saturated rings. The molecule has 0 radical (unpaired) electrons.